The van der Waals surface area contributed by atoms with E-state index in [0.717, 1.165) is 37.5 Å². The van der Waals surface area contributed by atoms with E-state index < -0.39 is 19.1 Å². The first-order valence-electron chi connectivity index (χ1n) is 8.78. The van der Waals surface area contributed by atoms with E-state index in [1.54, 1.807) is 0 Å². The molecule has 0 bridgehead atoms. The standard InChI is InChI=1S/C18H28FNO4Si/c1-18(2,3)25(4,5)24-15-8-6-7-14(12-15)23-17-11-13(19)9-10-16(17)20(21)22/h9-11,14-15H,6-8,12H2,1-5H3/t14-,15+/m1/s1. The zero-order chi connectivity index (χ0) is 18.8. The highest BCUT2D eigenvalue weighted by molar-refractivity contribution is 6.74. The second-order valence-corrected chi connectivity index (χ2v) is 13.0. The zero-order valence-corrected chi connectivity index (χ0v) is 16.7. The summed E-state index contributed by atoms with van der Waals surface area (Å²) in [4.78, 5) is 10.6. The van der Waals surface area contributed by atoms with E-state index in [0.29, 0.717) is 6.42 Å². The molecule has 2 rings (SSSR count). The molecule has 0 N–H and O–H groups in total. The van der Waals surface area contributed by atoms with E-state index in [1.165, 1.54) is 0 Å². The van der Waals surface area contributed by atoms with Gasteiger partial charge in [0.2, 0.25) is 0 Å². The van der Waals surface area contributed by atoms with Crippen molar-refractivity contribution in [2.45, 2.75) is 76.8 Å². The normalized spacial score (nSPS) is 21.8. The Labute approximate surface area is 149 Å². The lowest BCUT2D eigenvalue weighted by Crippen LogP contribution is -2.45. The molecule has 0 unspecified atom stereocenters. The topological polar surface area (TPSA) is 61.6 Å². The summed E-state index contributed by atoms with van der Waals surface area (Å²) in [5.41, 5.74) is -0.200. The Kier molecular flexibility index (Phi) is 5.88. The summed E-state index contributed by atoms with van der Waals surface area (Å²) in [5, 5.41) is 11.2. The number of ether oxygens (including phenoxy) is 1. The molecule has 0 amide bonds. The quantitative estimate of drug-likeness (QED) is 0.393. The molecule has 0 spiro atoms. The first kappa shape index (κ1) is 19.8. The molecule has 0 aromatic heterocycles. The minimum absolute atomic E-state index is 0.00276. The van der Waals surface area contributed by atoms with Gasteiger partial charge in [0.05, 0.1) is 4.92 Å². The Morgan fingerprint density at radius 3 is 2.48 bits per heavy atom. The van der Waals surface area contributed by atoms with Crippen molar-refractivity contribution >= 4 is 14.0 Å². The van der Waals surface area contributed by atoms with E-state index in [2.05, 4.69) is 33.9 Å². The molecular weight excluding hydrogens is 341 g/mol. The van der Waals surface area contributed by atoms with Crippen molar-refractivity contribution in [3.8, 4) is 5.75 Å². The molecule has 5 nitrogen and oxygen atoms in total. The number of nitro groups is 1. The fourth-order valence-corrected chi connectivity index (χ4v) is 4.22. The summed E-state index contributed by atoms with van der Waals surface area (Å²) in [5.74, 6) is -0.534. The monoisotopic (exact) mass is 369 g/mol. The second kappa shape index (κ2) is 7.41. The minimum Gasteiger partial charge on any atom is -0.483 e. The van der Waals surface area contributed by atoms with Crippen LogP contribution in [0.3, 0.4) is 0 Å². The van der Waals surface area contributed by atoms with Crippen LogP contribution in [0.15, 0.2) is 18.2 Å². The summed E-state index contributed by atoms with van der Waals surface area (Å²) in [6, 6.07) is 3.32. The van der Waals surface area contributed by atoms with Crippen molar-refractivity contribution in [1.82, 2.24) is 0 Å². The van der Waals surface area contributed by atoms with Gasteiger partial charge >= 0.3 is 5.69 Å². The van der Waals surface area contributed by atoms with Crippen LogP contribution in [0, 0.1) is 15.9 Å². The molecular formula is C18H28FNO4Si. The van der Waals surface area contributed by atoms with Gasteiger partial charge in [-0.2, -0.15) is 0 Å². The van der Waals surface area contributed by atoms with Crippen molar-refractivity contribution in [3.63, 3.8) is 0 Å². The Hall–Kier alpha value is -1.47. The molecule has 1 aromatic rings. The van der Waals surface area contributed by atoms with Gasteiger partial charge in [0.1, 0.15) is 11.9 Å². The summed E-state index contributed by atoms with van der Waals surface area (Å²) in [6.45, 7) is 11.0. The number of hydrogen-bond acceptors (Lipinski definition) is 4. The lowest BCUT2D eigenvalue weighted by atomic mass is 9.95. The average Bonchev–Trinajstić information content (AvgIpc) is 2.45. The first-order chi connectivity index (χ1) is 11.5. The number of hydrogen-bond donors (Lipinski definition) is 0. The molecule has 7 heteroatoms. The van der Waals surface area contributed by atoms with Crippen LogP contribution in [0.4, 0.5) is 10.1 Å². The molecule has 1 aliphatic rings. The highest BCUT2D eigenvalue weighted by Crippen LogP contribution is 2.40. The van der Waals surface area contributed by atoms with Gasteiger partial charge in [0.15, 0.2) is 14.1 Å². The van der Waals surface area contributed by atoms with Crippen molar-refractivity contribution in [1.29, 1.82) is 0 Å². The molecule has 1 aromatic carbocycles. The van der Waals surface area contributed by atoms with Gasteiger partial charge in [0, 0.05) is 24.7 Å². The number of benzene rings is 1. The number of nitro benzene ring substituents is 1. The predicted octanol–water partition coefficient (Wildman–Crippen LogP) is 5.45. The molecule has 1 fully saturated rings. The van der Waals surface area contributed by atoms with E-state index >= 15 is 0 Å². The molecule has 25 heavy (non-hydrogen) atoms. The molecule has 140 valence electrons. The maximum absolute atomic E-state index is 13.5. The van der Waals surface area contributed by atoms with Crippen LogP contribution >= 0.6 is 0 Å². The average molecular weight is 370 g/mol. The van der Waals surface area contributed by atoms with Crippen LogP contribution in [-0.4, -0.2) is 25.4 Å². The van der Waals surface area contributed by atoms with Gasteiger partial charge in [-0.1, -0.05) is 20.8 Å². The van der Waals surface area contributed by atoms with Gasteiger partial charge in [-0.15, -0.1) is 0 Å². The molecule has 2 atom stereocenters. The Balaban J connectivity index is 2.08. The van der Waals surface area contributed by atoms with Gasteiger partial charge in [-0.25, -0.2) is 4.39 Å². The fourth-order valence-electron chi connectivity index (χ4n) is 2.82. The van der Waals surface area contributed by atoms with Crippen molar-refractivity contribution < 1.29 is 18.5 Å². The van der Waals surface area contributed by atoms with Crippen molar-refractivity contribution in [2.24, 2.45) is 0 Å². The van der Waals surface area contributed by atoms with Gasteiger partial charge in [-0.05, 0) is 43.5 Å². The smallest absolute Gasteiger partial charge is 0.311 e. The summed E-state index contributed by atoms with van der Waals surface area (Å²) in [7, 11) is -1.88. The largest absolute Gasteiger partial charge is 0.483 e. The Bertz CT molecular complexity index is 630. The van der Waals surface area contributed by atoms with Crippen LogP contribution in [0.2, 0.25) is 18.1 Å². The second-order valence-electron chi connectivity index (χ2n) is 8.28. The Morgan fingerprint density at radius 2 is 1.88 bits per heavy atom. The van der Waals surface area contributed by atoms with Crippen molar-refractivity contribution in [3.05, 3.63) is 34.1 Å². The van der Waals surface area contributed by atoms with E-state index in [9.17, 15) is 14.5 Å². The van der Waals surface area contributed by atoms with E-state index in [1.807, 2.05) is 0 Å². The van der Waals surface area contributed by atoms with E-state index in [-0.39, 0.29) is 28.7 Å². The molecule has 0 saturated heterocycles. The van der Waals surface area contributed by atoms with Crippen molar-refractivity contribution in [2.75, 3.05) is 0 Å². The van der Waals surface area contributed by atoms with E-state index in [4.69, 9.17) is 9.16 Å². The third kappa shape index (κ3) is 5.01. The van der Waals surface area contributed by atoms with Gasteiger partial charge in [-0.3, -0.25) is 10.1 Å². The number of nitrogens with zero attached hydrogens (tertiary/aromatic N) is 1. The Morgan fingerprint density at radius 1 is 1.24 bits per heavy atom. The number of rotatable bonds is 5. The summed E-state index contributed by atoms with van der Waals surface area (Å²) >= 11 is 0. The van der Waals surface area contributed by atoms with Crippen LogP contribution in [-0.2, 0) is 4.43 Å². The summed E-state index contributed by atoms with van der Waals surface area (Å²) < 4.78 is 25.7. The van der Waals surface area contributed by atoms with Gasteiger partial charge in [0.25, 0.3) is 0 Å². The zero-order valence-electron chi connectivity index (χ0n) is 15.7. The minimum atomic E-state index is -1.88. The third-order valence-electron chi connectivity index (χ3n) is 5.26. The SMILES string of the molecule is CC(C)(C)[Si](C)(C)O[C@H]1CCC[C@@H](Oc2cc(F)ccc2[N+](=O)[O-])C1. The van der Waals surface area contributed by atoms with Crippen LogP contribution in [0.25, 0.3) is 0 Å². The summed E-state index contributed by atoms with van der Waals surface area (Å²) in [6.07, 6.45) is 3.28. The lowest BCUT2D eigenvalue weighted by Gasteiger charge is -2.41. The highest BCUT2D eigenvalue weighted by atomic mass is 28.4. The number of halogens is 1. The van der Waals surface area contributed by atoms with Crippen LogP contribution < -0.4 is 4.74 Å². The molecule has 1 aliphatic carbocycles. The third-order valence-corrected chi connectivity index (χ3v) is 9.79. The fraction of sp³-hybridized carbons (Fsp3) is 0.667. The highest BCUT2D eigenvalue weighted by Gasteiger charge is 2.40. The molecule has 0 radical (unpaired) electrons. The maximum Gasteiger partial charge on any atom is 0.311 e. The van der Waals surface area contributed by atoms with Crippen LogP contribution in [0.5, 0.6) is 5.75 Å². The molecule has 0 heterocycles. The molecule has 0 aliphatic heterocycles. The van der Waals surface area contributed by atoms with Crippen LogP contribution in [0.1, 0.15) is 46.5 Å². The van der Waals surface area contributed by atoms with Gasteiger partial charge < -0.3 is 9.16 Å². The molecule has 1 saturated carbocycles. The lowest BCUT2D eigenvalue weighted by molar-refractivity contribution is -0.386. The first-order valence-corrected chi connectivity index (χ1v) is 11.7. The maximum atomic E-state index is 13.5. The predicted molar refractivity (Wildman–Crippen MR) is 98.0 cm³/mol.